The van der Waals surface area contributed by atoms with E-state index in [1.54, 1.807) is 11.3 Å². The monoisotopic (exact) mass is 278 g/mol. The molecule has 102 valence electrons. The van der Waals surface area contributed by atoms with Crippen LogP contribution in [-0.4, -0.2) is 22.1 Å². The van der Waals surface area contributed by atoms with Crippen LogP contribution in [0.1, 0.15) is 31.3 Å². The van der Waals surface area contributed by atoms with E-state index in [-0.39, 0.29) is 5.41 Å². The molecule has 4 nitrogen and oxygen atoms in total. The summed E-state index contributed by atoms with van der Waals surface area (Å²) in [5.41, 5.74) is 7.48. The summed E-state index contributed by atoms with van der Waals surface area (Å²) < 4.78 is 1.08. The van der Waals surface area contributed by atoms with E-state index in [0.717, 1.165) is 20.8 Å². The topological polar surface area (TPSA) is 76.2 Å². The van der Waals surface area contributed by atoms with Crippen LogP contribution in [0, 0.1) is 0 Å². The van der Waals surface area contributed by atoms with Gasteiger partial charge in [0.25, 0.3) is 0 Å². The van der Waals surface area contributed by atoms with Gasteiger partial charge in [0.2, 0.25) is 0 Å². The summed E-state index contributed by atoms with van der Waals surface area (Å²) in [5, 5.41) is 9.92. The van der Waals surface area contributed by atoms with E-state index in [4.69, 9.17) is 10.8 Å². The minimum Gasteiger partial charge on any atom is -0.480 e. The minimum atomic E-state index is -0.972. The van der Waals surface area contributed by atoms with Crippen molar-refractivity contribution < 1.29 is 9.90 Å². The first-order valence-corrected chi connectivity index (χ1v) is 6.97. The second-order valence-electron chi connectivity index (χ2n) is 5.72. The summed E-state index contributed by atoms with van der Waals surface area (Å²) in [4.78, 5) is 15.4. The van der Waals surface area contributed by atoms with Gasteiger partial charge in [0.05, 0.1) is 15.2 Å². The van der Waals surface area contributed by atoms with Gasteiger partial charge in [-0.3, -0.25) is 4.79 Å². The van der Waals surface area contributed by atoms with Gasteiger partial charge in [-0.1, -0.05) is 26.8 Å². The maximum atomic E-state index is 10.8. The Labute approximate surface area is 116 Å². The molecule has 0 aliphatic rings. The quantitative estimate of drug-likeness (QED) is 0.904. The molecule has 0 saturated heterocycles. The second-order valence-corrected chi connectivity index (χ2v) is 6.75. The van der Waals surface area contributed by atoms with Crippen molar-refractivity contribution in [3.8, 4) is 0 Å². The largest absolute Gasteiger partial charge is 0.480 e. The highest BCUT2D eigenvalue weighted by molar-refractivity contribution is 7.18. The molecule has 1 unspecified atom stereocenters. The number of nitrogens with two attached hydrogens (primary N) is 1. The second kappa shape index (κ2) is 4.90. The molecule has 1 aromatic heterocycles. The molecule has 0 saturated carbocycles. The SMILES string of the molecule is CC(C)(C)c1nc2ccc(CC(N)C(=O)O)cc2s1. The Hall–Kier alpha value is -1.46. The number of hydrogen-bond donors (Lipinski definition) is 2. The molecule has 0 fully saturated rings. The van der Waals surface area contributed by atoms with Gasteiger partial charge < -0.3 is 10.8 Å². The first-order chi connectivity index (χ1) is 8.77. The van der Waals surface area contributed by atoms with Gasteiger partial charge in [-0.25, -0.2) is 4.98 Å². The Morgan fingerprint density at radius 3 is 2.74 bits per heavy atom. The molecule has 0 spiro atoms. The predicted octanol–water partition coefficient (Wildman–Crippen LogP) is 2.55. The normalized spacial score (nSPS) is 13.7. The summed E-state index contributed by atoms with van der Waals surface area (Å²) in [7, 11) is 0. The van der Waals surface area contributed by atoms with Gasteiger partial charge in [-0.15, -0.1) is 11.3 Å². The maximum absolute atomic E-state index is 10.8. The van der Waals surface area contributed by atoms with Crippen molar-refractivity contribution in [2.45, 2.75) is 38.6 Å². The zero-order valence-corrected chi connectivity index (χ0v) is 12.1. The molecule has 0 aliphatic carbocycles. The van der Waals surface area contributed by atoms with Gasteiger partial charge in [0, 0.05) is 5.41 Å². The molecule has 0 radical (unpaired) electrons. The Morgan fingerprint density at radius 2 is 2.16 bits per heavy atom. The zero-order chi connectivity index (χ0) is 14.2. The van der Waals surface area contributed by atoms with Crippen molar-refractivity contribution in [1.29, 1.82) is 0 Å². The average molecular weight is 278 g/mol. The first-order valence-electron chi connectivity index (χ1n) is 6.16. The molecule has 0 bridgehead atoms. The standard InChI is InChI=1S/C14H18N2O2S/c1-14(2,3)13-16-10-5-4-8(7-11(10)19-13)6-9(15)12(17)18/h4-5,7,9H,6,15H2,1-3H3,(H,17,18). The number of nitrogens with zero attached hydrogens (tertiary/aromatic N) is 1. The summed E-state index contributed by atoms with van der Waals surface area (Å²) in [6, 6.07) is 4.97. The molecule has 1 heterocycles. The van der Waals surface area contributed by atoms with Crippen LogP contribution in [0.3, 0.4) is 0 Å². The number of benzene rings is 1. The first kappa shape index (κ1) is 14.0. The van der Waals surface area contributed by atoms with E-state index in [0.29, 0.717) is 6.42 Å². The van der Waals surface area contributed by atoms with E-state index in [1.807, 2.05) is 18.2 Å². The molecule has 2 aromatic rings. The van der Waals surface area contributed by atoms with E-state index in [9.17, 15) is 4.79 Å². The summed E-state index contributed by atoms with van der Waals surface area (Å²) in [6.45, 7) is 6.39. The van der Waals surface area contributed by atoms with Gasteiger partial charge in [0.1, 0.15) is 6.04 Å². The number of aliphatic carboxylic acids is 1. The van der Waals surface area contributed by atoms with Crippen molar-refractivity contribution >= 4 is 27.5 Å². The fourth-order valence-electron chi connectivity index (χ4n) is 1.76. The highest BCUT2D eigenvalue weighted by Crippen LogP contribution is 2.31. The van der Waals surface area contributed by atoms with Gasteiger partial charge in [-0.05, 0) is 24.1 Å². The van der Waals surface area contributed by atoms with Crippen LogP contribution in [0.4, 0.5) is 0 Å². The third-order valence-electron chi connectivity index (χ3n) is 2.87. The van der Waals surface area contributed by atoms with Gasteiger partial charge in [0.15, 0.2) is 0 Å². The average Bonchev–Trinajstić information content (AvgIpc) is 2.71. The Bertz CT molecular complexity index is 613. The van der Waals surface area contributed by atoms with Crippen molar-refractivity contribution in [3.05, 3.63) is 28.8 Å². The lowest BCUT2D eigenvalue weighted by molar-refractivity contribution is -0.138. The Balaban J connectivity index is 2.33. The lowest BCUT2D eigenvalue weighted by atomic mass is 9.98. The highest BCUT2D eigenvalue weighted by atomic mass is 32.1. The minimum absolute atomic E-state index is 0.0291. The van der Waals surface area contributed by atoms with Gasteiger partial charge in [-0.2, -0.15) is 0 Å². The molecule has 0 amide bonds. The molecule has 19 heavy (non-hydrogen) atoms. The number of fused-ring (bicyclic) bond motifs is 1. The molecular formula is C14H18N2O2S. The summed E-state index contributed by atoms with van der Waals surface area (Å²) in [6.07, 6.45) is 0.341. The number of thiazole rings is 1. The third kappa shape index (κ3) is 3.11. The van der Waals surface area contributed by atoms with E-state index in [2.05, 4.69) is 25.8 Å². The van der Waals surface area contributed by atoms with Crippen LogP contribution in [0.2, 0.25) is 0 Å². The van der Waals surface area contributed by atoms with Crippen LogP contribution in [0.5, 0.6) is 0 Å². The summed E-state index contributed by atoms with van der Waals surface area (Å²) >= 11 is 1.65. The van der Waals surface area contributed by atoms with Crippen molar-refractivity contribution in [2.75, 3.05) is 0 Å². The number of hydrogen-bond acceptors (Lipinski definition) is 4. The molecule has 2 rings (SSSR count). The number of carboxylic acids is 1. The van der Waals surface area contributed by atoms with Crippen LogP contribution in [0.25, 0.3) is 10.2 Å². The number of rotatable bonds is 3. The van der Waals surface area contributed by atoms with Crippen LogP contribution >= 0.6 is 11.3 Å². The smallest absolute Gasteiger partial charge is 0.320 e. The van der Waals surface area contributed by atoms with Crippen molar-refractivity contribution in [2.24, 2.45) is 5.73 Å². The van der Waals surface area contributed by atoms with Crippen LogP contribution in [0.15, 0.2) is 18.2 Å². The molecular weight excluding hydrogens is 260 g/mol. The maximum Gasteiger partial charge on any atom is 0.320 e. The molecule has 1 aromatic carbocycles. The predicted molar refractivity (Wildman–Crippen MR) is 77.6 cm³/mol. The van der Waals surface area contributed by atoms with Crippen molar-refractivity contribution in [3.63, 3.8) is 0 Å². The number of carboxylic acid groups (broad SMARTS) is 1. The lowest BCUT2D eigenvalue weighted by Crippen LogP contribution is -2.32. The molecule has 1 atom stereocenters. The van der Waals surface area contributed by atoms with Crippen LogP contribution < -0.4 is 5.73 Å². The Morgan fingerprint density at radius 1 is 1.47 bits per heavy atom. The fraction of sp³-hybridized carbons (Fsp3) is 0.429. The van der Waals surface area contributed by atoms with Crippen molar-refractivity contribution in [1.82, 2.24) is 4.98 Å². The molecule has 0 aliphatic heterocycles. The third-order valence-corrected chi connectivity index (χ3v) is 4.31. The molecule has 3 N–H and O–H groups in total. The Kier molecular flexibility index (Phi) is 3.60. The highest BCUT2D eigenvalue weighted by Gasteiger charge is 2.19. The number of aromatic nitrogens is 1. The van der Waals surface area contributed by atoms with E-state index in [1.165, 1.54) is 0 Å². The fourth-order valence-corrected chi connectivity index (χ4v) is 2.85. The zero-order valence-electron chi connectivity index (χ0n) is 11.3. The van der Waals surface area contributed by atoms with E-state index >= 15 is 0 Å². The summed E-state index contributed by atoms with van der Waals surface area (Å²) in [5.74, 6) is -0.972. The van der Waals surface area contributed by atoms with Crippen LogP contribution in [-0.2, 0) is 16.6 Å². The molecule has 5 heteroatoms. The van der Waals surface area contributed by atoms with Gasteiger partial charge >= 0.3 is 5.97 Å². The lowest BCUT2D eigenvalue weighted by Gasteiger charge is -2.13. The number of carbonyl (C=O) groups is 1. The van der Waals surface area contributed by atoms with E-state index < -0.39 is 12.0 Å².